The molecule has 0 saturated carbocycles. The van der Waals surface area contributed by atoms with E-state index in [0.29, 0.717) is 0 Å². The minimum Gasteiger partial charge on any atom is -0.355 e. The van der Waals surface area contributed by atoms with Gasteiger partial charge in [0.15, 0.2) is 6.29 Å². The SMILES string of the molecule is CC(C)=CCC/C(C)=C/C=O.COC(OC)C(C)(C)CC=C(C)C. The molecule has 0 unspecified atom stereocenters. The van der Waals surface area contributed by atoms with Crippen molar-refractivity contribution >= 4 is 6.29 Å². The highest BCUT2D eigenvalue weighted by molar-refractivity contribution is 5.65. The van der Waals surface area contributed by atoms with E-state index in [0.717, 1.165) is 31.1 Å². The van der Waals surface area contributed by atoms with Gasteiger partial charge in [-0.25, -0.2) is 0 Å². The van der Waals surface area contributed by atoms with Gasteiger partial charge < -0.3 is 9.47 Å². The molecule has 0 aromatic heterocycles. The molecular formula is C21H38O3. The molecule has 0 aliphatic heterocycles. The summed E-state index contributed by atoms with van der Waals surface area (Å²) in [5, 5.41) is 0. The van der Waals surface area contributed by atoms with Crippen molar-refractivity contribution in [1.29, 1.82) is 0 Å². The highest BCUT2D eigenvalue weighted by Crippen LogP contribution is 2.28. The lowest BCUT2D eigenvalue weighted by Crippen LogP contribution is -2.32. The molecule has 0 aliphatic rings. The van der Waals surface area contributed by atoms with Crippen LogP contribution in [0, 0.1) is 5.41 Å². The Morgan fingerprint density at radius 3 is 1.83 bits per heavy atom. The summed E-state index contributed by atoms with van der Waals surface area (Å²) in [6.45, 7) is 14.6. The smallest absolute Gasteiger partial charge is 0.162 e. The number of carbonyl (C=O) groups excluding carboxylic acids is 1. The number of ether oxygens (including phenoxy) is 2. The molecule has 0 atom stereocenters. The fourth-order valence-corrected chi connectivity index (χ4v) is 2.09. The van der Waals surface area contributed by atoms with Gasteiger partial charge in [0, 0.05) is 19.6 Å². The van der Waals surface area contributed by atoms with Crippen LogP contribution in [0.4, 0.5) is 0 Å². The second-order valence-electron chi connectivity index (χ2n) is 7.25. The first-order chi connectivity index (χ1) is 11.1. The third kappa shape index (κ3) is 14.4. The second-order valence-corrected chi connectivity index (χ2v) is 7.25. The van der Waals surface area contributed by atoms with E-state index >= 15 is 0 Å². The molecule has 140 valence electrons. The van der Waals surface area contributed by atoms with Gasteiger partial charge in [0.05, 0.1) is 0 Å². The van der Waals surface area contributed by atoms with Gasteiger partial charge in [-0.3, -0.25) is 4.79 Å². The minimum atomic E-state index is -0.136. The topological polar surface area (TPSA) is 35.5 Å². The number of hydrogen-bond donors (Lipinski definition) is 0. The molecule has 0 aliphatic carbocycles. The van der Waals surface area contributed by atoms with E-state index < -0.39 is 0 Å². The quantitative estimate of drug-likeness (QED) is 0.228. The van der Waals surface area contributed by atoms with Crippen LogP contribution in [0.5, 0.6) is 0 Å². The fraction of sp³-hybridized carbons (Fsp3) is 0.667. The Morgan fingerprint density at radius 1 is 0.958 bits per heavy atom. The first-order valence-electron chi connectivity index (χ1n) is 8.54. The van der Waals surface area contributed by atoms with Crippen LogP contribution in [-0.2, 0) is 14.3 Å². The zero-order valence-corrected chi connectivity index (χ0v) is 17.2. The summed E-state index contributed by atoms with van der Waals surface area (Å²) in [6, 6.07) is 0. The molecule has 0 saturated heterocycles. The zero-order chi connectivity index (χ0) is 19.2. The maximum atomic E-state index is 10.0. The van der Waals surface area contributed by atoms with Crippen LogP contribution in [0.1, 0.15) is 67.7 Å². The Labute approximate surface area is 149 Å². The number of methoxy groups -OCH3 is 2. The number of carbonyl (C=O) groups is 1. The van der Waals surface area contributed by atoms with Crippen molar-refractivity contribution in [1.82, 2.24) is 0 Å². The van der Waals surface area contributed by atoms with Crippen molar-refractivity contribution in [3.63, 3.8) is 0 Å². The molecule has 3 heteroatoms. The van der Waals surface area contributed by atoms with E-state index in [1.54, 1.807) is 20.3 Å². The van der Waals surface area contributed by atoms with Gasteiger partial charge in [0.25, 0.3) is 0 Å². The molecule has 0 aromatic carbocycles. The molecule has 3 nitrogen and oxygen atoms in total. The molecule has 0 spiro atoms. The van der Waals surface area contributed by atoms with Gasteiger partial charge in [-0.1, -0.05) is 42.7 Å². The molecule has 0 N–H and O–H groups in total. The molecule has 0 fully saturated rings. The standard InChI is InChI=1S/C11H22O2.C10H16O/c1-9(2)7-8-11(3,4)10(12-5)13-6;1-9(2)5-4-6-10(3)7-8-11/h7,10H,8H2,1-6H3;5,7-8H,4,6H2,1-3H3/b;10-7+. The Balaban J connectivity index is 0. The van der Waals surface area contributed by atoms with E-state index in [-0.39, 0.29) is 11.7 Å². The maximum Gasteiger partial charge on any atom is 0.162 e. The fourth-order valence-electron chi connectivity index (χ4n) is 2.09. The molecule has 0 rings (SSSR count). The summed E-state index contributed by atoms with van der Waals surface area (Å²) >= 11 is 0. The van der Waals surface area contributed by atoms with E-state index in [9.17, 15) is 4.79 Å². The van der Waals surface area contributed by atoms with Gasteiger partial charge in [-0.05, 0) is 60.0 Å². The van der Waals surface area contributed by atoms with Gasteiger partial charge in [0.1, 0.15) is 6.29 Å². The summed E-state index contributed by atoms with van der Waals surface area (Å²) in [7, 11) is 3.36. The predicted molar refractivity (Wildman–Crippen MR) is 104 cm³/mol. The lowest BCUT2D eigenvalue weighted by atomic mass is 9.87. The Hall–Kier alpha value is -1.19. The zero-order valence-electron chi connectivity index (χ0n) is 17.2. The van der Waals surface area contributed by atoms with E-state index in [1.165, 1.54) is 11.1 Å². The average molecular weight is 339 g/mol. The highest BCUT2D eigenvalue weighted by Gasteiger charge is 2.28. The Bertz CT molecular complexity index is 416. The van der Waals surface area contributed by atoms with Gasteiger partial charge >= 0.3 is 0 Å². The van der Waals surface area contributed by atoms with Crippen LogP contribution in [0.15, 0.2) is 34.9 Å². The number of aldehydes is 1. The van der Waals surface area contributed by atoms with Gasteiger partial charge in [-0.15, -0.1) is 0 Å². The van der Waals surface area contributed by atoms with Crippen LogP contribution >= 0.6 is 0 Å². The first-order valence-corrected chi connectivity index (χ1v) is 8.54. The van der Waals surface area contributed by atoms with Crippen LogP contribution in [0.2, 0.25) is 0 Å². The average Bonchev–Trinajstić information content (AvgIpc) is 2.47. The normalized spacial score (nSPS) is 11.5. The van der Waals surface area contributed by atoms with Crippen LogP contribution < -0.4 is 0 Å². The molecule has 0 heterocycles. The summed E-state index contributed by atoms with van der Waals surface area (Å²) in [5.41, 5.74) is 3.85. The largest absolute Gasteiger partial charge is 0.355 e. The molecule has 0 amide bonds. The molecular weight excluding hydrogens is 300 g/mol. The van der Waals surface area contributed by atoms with E-state index in [4.69, 9.17) is 9.47 Å². The first kappa shape index (κ1) is 25.1. The third-order valence-corrected chi connectivity index (χ3v) is 3.55. The van der Waals surface area contributed by atoms with Crippen molar-refractivity contribution < 1.29 is 14.3 Å². The van der Waals surface area contributed by atoms with Crippen LogP contribution in [0.25, 0.3) is 0 Å². The third-order valence-electron chi connectivity index (χ3n) is 3.55. The summed E-state index contributed by atoms with van der Waals surface area (Å²) in [4.78, 5) is 10.0. The van der Waals surface area contributed by atoms with Crippen molar-refractivity contribution in [2.75, 3.05) is 14.2 Å². The molecule has 24 heavy (non-hydrogen) atoms. The van der Waals surface area contributed by atoms with E-state index in [2.05, 4.69) is 53.7 Å². The predicted octanol–water partition coefficient (Wildman–Crippen LogP) is 5.87. The number of hydrogen-bond acceptors (Lipinski definition) is 3. The van der Waals surface area contributed by atoms with E-state index in [1.807, 2.05) is 6.92 Å². The molecule has 0 bridgehead atoms. The highest BCUT2D eigenvalue weighted by atomic mass is 16.7. The van der Waals surface area contributed by atoms with Gasteiger partial charge in [-0.2, -0.15) is 0 Å². The van der Waals surface area contributed by atoms with Gasteiger partial charge in [0.2, 0.25) is 0 Å². The molecule has 0 aromatic rings. The second kappa shape index (κ2) is 14.2. The summed E-state index contributed by atoms with van der Waals surface area (Å²) in [6.07, 6.45) is 9.73. The van der Waals surface area contributed by atoms with Crippen molar-refractivity contribution in [2.24, 2.45) is 5.41 Å². The lowest BCUT2D eigenvalue weighted by Gasteiger charge is -2.31. The Kier molecular flexibility index (Phi) is 14.8. The lowest BCUT2D eigenvalue weighted by molar-refractivity contribution is -0.166. The van der Waals surface area contributed by atoms with Crippen molar-refractivity contribution in [3.05, 3.63) is 34.9 Å². The minimum absolute atomic E-state index is 0.0285. The monoisotopic (exact) mass is 338 g/mol. The van der Waals surface area contributed by atoms with Crippen LogP contribution in [0.3, 0.4) is 0 Å². The van der Waals surface area contributed by atoms with Crippen molar-refractivity contribution in [3.8, 4) is 0 Å². The number of allylic oxidation sites excluding steroid dienone is 6. The summed E-state index contributed by atoms with van der Waals surface area (Å²) < 4.78 is 10.5. The number of rotatable bonds is 9. The van der Waals surface area contributed by atoms with Crippen LogP contribution in [-0.4, -0.2) is 26.8 Å². The maximum absolute atomic E-state index is 10.0. The summed E-state index contributed by atoms with van der Waals surface area (Å²) in [5.74, 6) is 0. The van der Waals surface area contributed by atoms with Crippen molar-refractivity contribution in [2.45, 2.75) is 74.0 Å². The molecule has 0 radical (unpaired) electrons. The Morgan fingerprint density at radius 2 is 1.46 bits per heavy atom.